The van der Waals surface area contributed by atoms with Gasteiger partial charge in [-0.15, -0.1) is 10.2 Å². The van der Waals surface area contributed by atoms with Gasteiger partial charge in [0.05, 0.1) is 0 Å². The van der Waals surface area contributed by atoms with Gasteiger partial charge in [-0.05, 0) is 31.2 Å². The molecule has 1 atom stereocenters. The van der Waals surface area contributed by atoms with Gasteiger partial charge in [0.2, 0.25) is 0 Å². The molecule has 1 aromatic heterocycles. The van der Waals surface area contributed by atoms with Crippen LogP contribution in [-0.4, -0.2) is 21.3 Å². The standard InChI is InChI=1S/C14H19FN4O/c1-4-16-10(2)11-5-6-13(12(15)7-11)20-8-14-18-17-9-19(14)3/h5-7,9-10,16H,4,8H2,1-3H3. The molecule has 0 aliphatic heterocycles. The zero-order chi connectivity index (χ0) is 14.5. The predicted octanol–water partition coefficient (Wildman–Crippen LogP) is 2.20. The van der Waals surface area contributed by atoms with Crippen molar-refractivity contribution in [1.29, 1.82) is 0 Å². The summed E-state index contributed by atoms with van der Waals surface area (Å²) in [5.74, 6) is 0.504. The molecule has 2 aromatic rings. The largest absolute Gasteiger partial charge is 0.483 e. The van der Waals surface area contributed by atoms with E-state index in [0.29, 0.717) is 5.82 Å². The van der Waals surface area contributed by atoms with Crippen LogP contribution in [0.25, 0.3) is 0 Å². The van der Waals surface area contributed by atoms with Gasteiger partial charge >= 0.3 is 0 Å². The van der Waals surface area contributed by atoms with Crippen LogP contribution in [0.2, 0.25) is 0 Å². The quantitative estimate of drug-likeness (QED) is 0.880. The lowest BCUT2D eigenvalue weighted by atomic mass is 10.1. The summed E-state index contributed by atoms with van der Waals surface area (Å²) in [6.07, 6.45) is 1.58. The summed E-state index contributed by atoms with van der Waals surface area (Å²) in [6.45, 7) is 5.05. The van der Waals surface area contributed by atoms with Gasteiger partial charge in [0.25, 0.3) is 0 Å². The third-order valence-electron chi connectivity index (χ3n) is 3.13. The van der Waals surface area contributed by atoms with Crippen LogP contribution in [0, 0.1) is 5.82 Å². The average molecular weight is 278 g/mol. The molecule has 0 spiro atoms. The number of halogens is 1. The lowest BCUT2D eigenvalue weighted by Gasteiger charge is -2.14. The number of aromatic nitrogens is 3. The number of nitrogens with one attached hydrogen (secondary N) is 1. The summed E-state index contributed by atoms with van der Waals surface area (Å²) in [4.78, 5) is 0. The molecule has 1 unspecified atom stereocenters. The fourth-order valence-corrected chi connectivity index (χ4v) is 1.91. The van der Waals surface area contributed by atoms with Crippen molar-refractivity contribution in [2.75, 3.05) is 6.54 Å². The number of aryl methyl sites for hydroxylation is 1. The highest BCUT2D eigenvalue weighted by Crippen LogP contribution is 2.22. The van der Waals surface area contributed by atoms with Crippen molar-refractivity contribution >= 4 is 0 Å². The first-order valence-electron chi connectivity index (χ1n) is 6.60. The third kappa shape index (κ3) is 3.33. The van der Waals surface area contributed by atoms with E-state index in [1.807, 2.05) is 27.0 Å². The van der Waals surface area contributed by atoms with Gasteiger partial charge < -0.3 is 14.6 Å². The molecular weight excluding hydrogens is 259 g/mol. The highest BCUT2D eigenvalue weighted by Gasteiger charge is 2.10. The molecule has 2 rings (SSSR count). The zero-order valence-corrected chi connectivity index (χ0v) is 11.9. The second-order valence-corrected chi connectivity index (χ2v) is 4.62. The maximum atomic E-state index is 14.0. The fourth-order valence-electron chi connectivity index (χ4n) is 1.91. The van der Waals surface area contributed by atoms with Gasteiger partial charge in [-0.3, -0.25) is 0 Å². The van der Waals surface area contributed by atoms with Crippen molar-refractivity contribution in [3.05, 3.63) is 41.7 Å². The van der Waals surface area contributed by atoms with E-state index >= 15 is 0 Å². The first kappa shape index (κ1) is 14.5. The molecule has 0 aliphatic carbocycles. The minimum Gasteiger partial charge on any atom is -0.483 e. The van der Waals surface area contributed by atoms with E-state index in [0.717, 1.165) is 12.1 Å². The second-order valence-electron chi connectivity index (χ2n) is 4.62. The van der Waals surface area contributed by atoms with E-state index < -0.39 is 0 Å². The smallest absolute Gasteiger partial charge is 0.170 e. The molecule has 0 saturated carbocycles. The zero-order valence-electron chi connectivity index (χ0n) is 11.9. The Morgan fingerprint density at radius 1 is 1.45 bits per heavy atom. The molecule has 20 heavy (non-hydrogen) atoms. The normalized spacial score (nSPS) is 12.4. The fraction of sp³-hybridized carbons (Fsp3) is 0.429. The Kier molecular flexibility index (Phi) is 4.68. The molecule has 1 aromatic carbocycles. The SMILES string of the molecule is CCNC(C)c1ccc(OCc2nncn2C)c(F)c1. The molecular formula is C14H19FN4O. The third-order valence-corrected chi connectivity index (χ3v) is 3.13. The molecule has 1 N–H and O–H groups in total. The topological polar surface area (TPSA) is 52.0 Å². The molecule has 0 bridgehead atoms. The molecule has 1 heterocycles. The van der Waals surface area contributed by atoms with E-state index in [2.05, 4.69) is 15.5 Å². The van der Waals surface area contributed by atoms with Crippen LogP contribution in [0.3, 0.4) is 0 Å². The second kappa shape index (κ2) is 6.47. The maximum absolute atomic E-state index is 14.0. The van der Waals surface area contributed by atoms with Crippen LogP contribution in [0.4, 0.5) is 4.39 Å². The van der Waals surface area contributed by atoms with Crippen LogP contribution in [-0.2, 0) is 13.7 Å². The number of hydrogen-bond donors (Lipinski definition) is 1. The Labute approximate surface area is 117 Å². The number of benzene rings is 1. The minimum absolute atomic E-state index is 0.113. The minimum atomic E-state index is -0.366. The molecule has 5 nitrogen and oxygen atoms in total. The summed E-state index contributed by atoms with van der Waals surface area (Å²) < 4.78 is 21.2. The van der Waals surface area contributed by atoms with Crippen molar-refractivity contribution < 1.29 is 9.13 Å². The Morgan fingerprint density at radius 3 is 2.85 bits per heavy atom. The van der Waals surface area contributed by atoms with Crippen LogP contribution < -0.4 is 10.1 Å². The number of nitrogens with zero attached hydrogens (tertiary/aromatic N) is 3. The lowest BCUT2D eigenvalue weighted by Crippen LogP contribution is -2.17. The van der Waals surface area contributed by atoms with Gasteiger partial charge in [0.15, 0.2) is 17.4 Å². The monoisotopic (exact) mass is 278 g/mol. The van der Waals surface area contributed by atoms with Gasteiger partial charge in [-0.2, -0.15) is 0 Å². The van der Waals surface area contributed by atoms with Gasteiger partial charge in [0, 0.05) is 13.1 Å². The molecule has 0 amide bonds. The summed E-state index contributed by atoms with van der Waals surface area (Å²) in [6, 6.07) is 5.12. The Morgan fingerprint density at radius 2 is 2.25 bits per heavy atom. The number of hydrogen-bond acceptors (Lipinski definition) is 4. The summed E-state index contributed by atoms with van der Waals surface area (Å²) in [5.41, 5.74) is 0.898. The highest BCUT2D eigenvalue weighted by atomic mass is 19.1. The van der Waals surface area contributed by atoms with E-state index in [9.17, 15) is 4.39 Å². The van der Waals surface area contributed by atoms with E-state index in [1.54, 1.807) is 17.0 Å². The van der Waals surface area contributed by atoms with Crippen molar-refractivity contribution in [2.45, 2.75) is 26.5 Å². The van der Waals surface area contributed by atoms with Crippen molar-refractivity contribution in [3.8, 4) is 5.75 Å². The lowest BCUT2D eigenvalue weighted by molar-refractivity contribution is 0.276. The van der Waals surface area contributed by atoms with E-state index in [1.165, 1.54) is 6.07 Å². The van der Waals surface area contributed by atoms with Gasteiger partial charge in [-0.1, -0.05) is 13.0 Å². The number of ether oxygens (including phenoxy) is 1. The van der Waals surface area contributed by atoms with Crippen molar-refractivity contribution in [2.24, 2.45) is 7.05 Å². The summed E-state index contributed by atoms with van der Waals surface area (Å²) >= 11 is 0. The van der Waals surface area contributed by atoms with E-state index in [4.69, 9.17) is 4.74 Å². The summed E-state index contributed by atoms with van der Waals surface area (Å²) in [7, 11) is 1.82. The highest BCUT2D eigenvalue weighted by molar-refractivity contribution is 5.31. The van der Waals surface area contributed by atoms with Crippen LogP contribution in [0.1, 0.15) is 31.3 Å². The van der Waals surface area contributed by atoms with Crippen molar-refractivity contribution in [1.82, 2.24) is 20.1 Å². The molecule has 0 radical (unpaired) electrons. The van der Waals surface area contributed by atoms with Gasteiger partial charge in [0.1, 0.15) is 12.9 Å². The van der Waals surface area contributed by atoms with Crippen LogP contribution >= 0.6 is 0 Å². The number of rotatable bonds is 6. The summed E-state index contributed by atoms with van der Waals surface area (Å²) in [5, 5.41) is 10.9. The molecule has 108 valence electrons. The van der Waals surface area contributed by atoms with Gasteiger partial charge in [-0.25, -0.2) is 4.39 Å². The Hall–Kier alpha value is -1.95. The first-order chi connectivity index (χ1) is 9.61. The molecule has 6 heteroatoms. The molecule has 0 saturated heterocycles. The van der Waals surface area contributed by atoms with Crippen molar-refractivity contribution in [3.63, 3.8) is 0 Å². The first-order valence-corrected chi connectivity index (χ1v) is 6.60. The Bertz CT molecular complexity index is 570. The molecule has 0 aliphatic rings. The Balaban J connectivity index is 2.04. The van der Waals surface area contributed by atoms with Crippen LogP contribution in [0.15, 0.2) is 24.5 Å². The molecule has 0 fully saturated rings. The predicted molar refractivity (Wildman–Crippen MR) is 73.8 cm³/mol. The average Bonchev–Trinajstić information content (AvgIpc) is 2.83. The van der Waals surface area contributed by atoms with E-state index in [-0.39, 0.29) is 24.2 Å². The maximum Gasteiger partial charge on any atom is 0.170 e. The van der Waals surface area contributed by atoms with Crippen LogP contribution in [0.5, 0.6) is 5.75 Å².